The van der Waals surface area contributed by atoms with Gasteiger partial charge in [0.2, 0.25) is 0 Å². The van der Waals surface area contributed by atoms with E-state index < -0.39 is 11.5 Å². The van der Waals surface area contributed by atoms with Crippen molar-refractivity contribution in [2.75, 3.05) is 0 Å². The summed E-state index contributed by atoms with van der Waals surface area (Å²) in [5.41, 5.74) is 3.46. The van der Waals surface area contributed by atoms with Crippen LogP contribution in [0.3, 0.4) is 0 Å². The van der Waals surface area contributed by atoms with Gasteiger partial charge in [-0.2, -0.15) is 5.10 Å². The fraction of sp³-hybridized carbons (Fsp3) is 0.115. The van der Waals surface area contributed by atoms with Gasteiger partial charge in [0, 0.05) is 24.2 Å². The van der Waals surface area contributed by atoms with Crippen molar-refractivity contribution in [3.05, 3.63) is 112 Å². The molecule has 0 aliphatic carbocycles. The van der Waals surface area contributed by atoms with Gasteiger partial charge in [0.05, 0.1) is 5.69 Å². The van der Waals surface area contributed by atoms with Crippen LogP contribution in [0, 0.1) is 0 Å². The molecule has 1 heterocycles. The van der Waals surface area contributed by atoms with E-state index in [9.17, 15) is 9.59 Å². The molecule has 0 bridgehead atoms. The highest BCUT2D eigenvalue weighted by atomic mass is 16.2. The summed E-state index contributed by atoms with van der Waals surface area (Å²) >= 11 is 0. The molecule has 1 N–H and O–H groups in total. The van der Waals surface area contributed by atoms with E-state index in [1.807, 2.05) is 97.9 Å². The summed E-state index contributed by atoms with van der Waals surface area (Å²) < 4.78 is 1.35. The molecule has 0 aliphatic rings. The van der Waals surface area contributed by atoms with Gasteiger partial charge in [-0.1, -0.05) is 91.0 Å². The maximum Gasteiger partial charge on any atom is 0.280 e. The fourth-order valence-electron chi connectivity index (χ4n) is 3.55. The summed E-state index contributed by atoms with van der Waals surface area (Å²) in [5.74, 6) is -0.408. The lowest BCUT2D eigenvalue weighted by atomic mass is 9.95. The van der Waals surface area contributed by atoms with Gasteiger partial charge >= 0.3 is 0 Å². The topological polar surface area (TPSA) is 64.0 Å². The zero-order valence-corrected chi connectivity index (χ0v) is 17.3. The van der Waals surface area contributed by atoms with Crippen LogP contribution in [-0.2, 0) is 13.1 Å². The number of aromatic nitrogens is 2. The van der Waals surface area contributed by atoms with E-state index in [2.05, 4.69) is 10.4 Å². The van der Waals surface area contributed by atoms with Crippen LogP contribution >= 0.6 is 0 Å². The highest BCUT2D eigenvalue weighted by Gasteiger charge is 2.24. The quantitative estimate of drug-likeness (QED) is 0.509. The Labute approximate surface area is 181 Å². The number of rotatable bonds is 6. The molecule has 5 heteroatoms. The van der Waals surface area contributed by atoms with Crippen molar-refractivity contribution in [3.63, 3.8) is 0 Å². The van der Waals surface area contributed by atoms with E-state index in [1.165, 1.54) is 4.68 Å². The molecule has 0 unspecified atom stereocenters. The van der Waals surface area contributed by atoms with Crippen LogP contribution in [0.5, 0.6) is 0 Å². The third-order valence-electron chi connectivity index (χ3n) is 5.09. The van der Waals surface area contributed by atoms with E-state index in [4.69, 9.17) is 0 Å². The molecule has 0 aliphatic heterocycles. The molecule has 1 aromatic heterocycles. The molecule has 0 fully saturated rings. The monoisotopic (exact) mass is 409 g/mol. The molecule has 0 spiro atoms. The Bertz CT molecular complexity index is 1230. The molecule has 31 heavy (non-hydrogen) atoms. The minimum absolute atomic E-state index is 0.109. The normalized spacial score (nSPS) is 10.6. The zero-order valence-electron chi connectivity index (χ0n) is 17.3. The third-order valence-corrected chi connectivity index (χ3v) is 5.09. The Morgan fingerprint density at radius 2 is 1.39 bits per heavy atom. The largest absolute Gasteiger partial charge is 0.348 e. The van der Waals surface area contributed by atoms with Gasteiger partial charge in [0.1, 0.15) is 5.56 Å². The Morgan fingerprint density at radius 3 is 1.97 bits per heavy atom. The van der Waals surface area contributed by atoms with E-state index in [0.29, 0.717) is 24.3 Å². The summed E-state index contributed by atoms with van der Waals surface area (Å²) in [4.78, 5) is 26.6. The van der Waals surface area contributed by atoms with E-state index in [1.54, 1.807) is 0 Å². The van der Waals surface area contributed by atoms with Gasteiger partial charge in [0.15, 0.2) is 0 Å². The molecule has 4 aromatic rings. The maximum atomic E-state index is 13.3. The smallest absolute Gasteiger partial charge is 0.280 e. The molecule has 1 amide bonds. The predicted molar refractivity (Wildman–Crippen MR) is 123 cm³/mol. The first-order valence-corrected chi connectivity index (χ1v) is 10.3. The van der Waals surface area contributed by atoms with Crippen LogP contribution in [0.2, 0.25) is 0 Å². The minimum atomic E-state index is -0.408. The number of benzene rings is 3. The van der Waals surface area contributed by atoms with Gasteiger partial charge in [0.25, 0.3) is 11.5 Å². The molecule has 154 valence electrons. The first kappa shape index (κ1) is 20.3. The van der Waals surface area contributed by atoms with Crippen molar-refractivity contribution in [1.29, 1.82) is 0 Å². The number of nitrogens with one attached hydrogen (secondary N) is 1. The molecule has 5 nitrogen and oxygen atoms in total. The lowest BCUT2D eigenvalue weighted by molar-refractivity contribution is 0.0949. The molecule has 0 radical (unpaired) electrons. The molecule has 4 rings (SSSR count). The Hall–Kier alpha value is -3.99. The van der Waals surface area contributed by atoms with Crippen molar-refractivity contribution < 1.29 is 4.79 Å². The van der Waals surface area contributed by atoms with Gasteiger partial charge in [-0.15, -0.1) is 0 Å². The highest BCUT2D eigenvalue weighted by Crippen LogP contribution is 2.32. The summed E-state index contributed by atoms with van der Waals surface area (Å²) in [5, 5.41) is 7.54. The maximum absolute atomic E-state index is 13.3. The SMILES string of the molecule is CCn1nc(-c2ccccc2)c(-c2ccccc2)c(C(=O)NCc2ccccc2)c1=O. The number of hydrogen-bond donors (Lipinski definition) is 1. The summed E-state index contributed by atoms with van der Waals surface area (Å²) in [6, 6.07) is 28.7. The van der Waals surface area contributed by atoms with Crippen LogP contribution in [0.25, 0.3) is 22.4 Å². The number of amides is 1. The van der Waals surface area contributed by atoms with E-state index in [0.717, 1.165) is 16.7 Å². The van der Waals surface area contributed by atoms with Gasteiger partial charge in [-0.3, -0.25) is 9.59 Å². The average Bonchev–Trinajstić information content (AvgIpc) is 2.84. The number of carbonyl (C=O) groups is 1. The van der Waals surface area contributed by atoms with E-state index in [-0.39, 0.29) is 5.56 Å². The first-order chi connectivity index (χ1) is 15.2. The summed E-state index contributed by atoms with van der Waals surface area (Å²) in [6.45, 7) is 2.55. The van der Waals surface area contributed by atoms with Crippen molar-refractivity contribution in [2.45, 2.75) is 20.0 Å². The van der Waals surface area contributed by atoms with E-state index >= 15 is 0 Å². The van der Waals surface area contributed by atoms with Gasteiger partial charge in [-0.25, -0.2) is 4.68 Å². The summed E-state index contributed by atoms with van der Waals surface area (Å²) in [6.07, 6.45) is 0. The molecule has 0 atom stereocenters. The van der Waals surface area contributed by atoms with Crippen LogP contribution < -0.4 is 10.9 Å². The van der Waals surface area contributed by atoms with Gasteiger partial charge < -0.3 is 5.32 Å². The average molecular weight is 409 g/mol. The number of aryl methyl sites for hydroxylation is 1. The minimum Gasteiger partial charge on any atom is -0.348 e. The van der Waals surface area contributed by atoms with Crippen molar-refractivity contribution in [3.8, 4) is 22.4 Å². The van der Waals surface area contributed by atoms with Crippen LogP contribution in [-0.4, -0.2) is 15.7 Å². The molecular formula is C26H23N3O2. The standard InChI is InChI=1S/C26H23N3O2/c1-2-29-26(31)23(25(30)27-18-19-12-6-3-7-13-19)22(20-14-8-4-9-15-20)24(28-29)21-16-10-5-11-17-21/h3-17H,2,18H2,1H3,(H,27,30). The van der Waals surface area contributed by atoms with Crippen LogP contribution in [0.15, 0.2) is 95.8 Å². The lowest BCUT2D eigenvalue weighted by Gasteiger charge is -2.17. The zero-order chi connectivity index (χ0) is 21.6. The third kappa shape index (κ3) is 4.31. The molecule has 3 aromatic carbocycles. The number of nitrogens with zero attached hydrogens (tertiary/aromatic N) is 2. The lowest BCUT2D eigenvalue weighted by Crippen LogP contribution is -2.35. The first-order valence-electron chi connectivity index (χ1n) is 10.3. The Morgan fingerprint density at radius 1 is 0.839 bits per heavy atom. The molecular weight excluding hydrogens is 386 g/mol. The van der Waals surface area contributed by atoms with Crippen LogP contribution in [0.1, 0.15) is 22.8 Å². The van der Waals surface area contributed by atoms with Crippen molar-refractivity contribution >= 4 is 5.91 Å². The fourth-order valence-corrected chi connectivity index (χ4v) is 3.55. The van der Waals surface area contributed by atoms with Crippen molar-refractivity contribution in [1.82, 2.24) is 15.1 Å². The number of hydrogen-bond acceptors (Lipinski definition) is 3. The summed E-state index contributed by atoms with van der Waals surface area (Å²) in [7, 11) is 0. The second kappa shape index (κ2) is 9.22. The Kier molecular flexibility index (Phi) is 6.03. The van der Waals surface area contributed by atoms with Crippen LogP contribution in [0.4, 0.5) is 0 Å². The second-order valence-corrected chi connectivity index (χ2v) is 7.12. The molecule has 0 saturated heterocycles. The predicted octanol–water partition coefficient (Wildman–Crippen LogP) is 4.53. The number of carbonyl (C=O) groups excluding carboxylic acids is 1. The Balaban J connectivity index is 1.90. The highest BCUT2D eigenvalue weighted by molar-refractivity contribution is 6.03. The molecule has 0 saturated carbocycles. The second-order valence-electron chi connectivity index (χ2n) is 7.12. The van der Waals surface area contributed by atoms with Crippen molar-refractivity contribution in [2.24, 2.45) is 0 Å². The van der Waals surface area contributed by atoms with Gasteiger partial charge in [-0.05, 0) is 18.1 Å².